The topological polar surface area (TPSA) is 37.4 Å². The van der Waals surface area contributed by atoms with Crippen LogP contribution in [0.25, 0.3) is 0 Å². The van der Waals surface area contributed by atoms with Crippen LogP contribution in [-0.4, -0.2) is 25.3 Å². The van der Waals surface area contributed by atoms with Crippen LogP contribution in [0, 0.1) is 5.82 Å². The second-order valence-electron chi connectivity index (χ2n) is 4.02. The molecule has 1 aromatic rings. The molecule has 0 unspecified atom stereocenters. The van der Waals surface area contributed by atoms with E-state index in [2.05, 4.69) is 6.58 Å². The normalized spacial score (nSPS) is 16.1. The molecule has 0 saturated heterocycles. The summed E-state index contributed by atoms with van der Waals surface area (Å²) in [6, 6.07) is 5.45. The number of halogens is 1. The van der Waals surface area contributed by atoms with E-state index in [9.17, 15) is 12.8 Å². The number of hydrogen-bond donors (Lipinski definition) is 0. The predicted octanol–water partition coefficient (Wildman–Crippen LogP) is 2.16. The van der Waals surface area contributed by atoms with Crippen molar-refractivity contribution in [2.75, 3.05) is 6.54 Å². The highest BCUT2D eigenvalue weighted by Gasteiger charge is 2.38. The third-order valence-electron chi connectivity index (χ3n) is 2.69. The van der Waals surface area contributed by atoms with Crippen molar-refractivity contribution >= 4 is 10.0 Å². The molecule has 0 spiro atoms. The second-order valence-corrected chi connectivity index (χ2v) is 5.88. The zero-order chi connectivity index (χ0) is 12.5. The smallest absolute Gasteiger partial charge is 0.207 e. The van der Waals surface area contributed by atoms with Crippen LogP contribution in [0.15, 0.2) is 41.8 Å². The third-order valence-corrected chi connectivity index (χ3v) is 4.64. The van der Waals surface area contributed by atoms with Crippen LogP contribution < -0.4 is 0 Å². The van der Waals surface area contributed by atoms with Gasteiger partial charge in [-0.15, -0.1) is 6.58 Å². The zero-order valence-electron chi connectivity index (χ0n) is 9.34. The summed E-state index contributed by atoms with van der Waals surface area (Å²) < 4.78 is 39.4. The van der Waals surface area contributed by atoms with Crippen LogP contribution in [0.2, 0.25) is 0 Å². The van der Waals surface area contributed by atoms with Crippen LogP contribution in [0.3, 0.4) is 0 Å². The molecular weight excluding hydrogens is 241 g/mol. The van der Waals surface area contributed by atoms with E-state index < -0.39 is 15.8 Å². The summed E-state index contributed by atoms with van der Waals surface area (Å²) >= 11 is 0. The highest BCUT2D eigenvalue weighted by Crippen LogP contribution is 2.32. The first kappa shape index (κ1) is 12.3. The van der Waals surface area contributed by atoms with E-state index in [1.54, 1.807) is 0 Å². The maximum atomic E-state index is 13.5. The van der Waals surface area contributed by atoms with E-state index in [1.165, 1.54) is 28.6 Å². The minimum absolute atomic E-state index is 0.00222. The standard InChI is InChI=1S/C12H14FNO2S/c1-2-9-14(10-7-8-10)17(15,16)12-6-4-3-5-11(12)13/h2-6,10H,1,7-9H2. The van der Waals surface area contributed by atoms with Gasteiger partial charge in [0.15, 0.2) is 0 Å². The van der Waals surface area contributed by atoms with Crippen molar-refractivity contribution in [3.05, 3.63) is 42.7 Å². The summed E-state index contributed by atoms with van der Waals surface area (Å²) in [5.41, 5.74) is 0. The third kappa shape index (κ3) is 2.40. The van der Waals surface area contributed by atoms with E-state index >= 15 is 0 Å². The Morgan fingerprint density at radius 1 is 1.41 bits per heavy atom. The lowest BCUT2D eigenvalue weighted by molar-refractivity contribution is 0.431. The molecule has 1 aromatic carbocycles. The van der Waals surface area contributed by atoms with Gasteiger partial charge in [-0.2, -0.15) is 4.31 Å². The molecular formula is C12H14FNO2S. The van der Waals surface area contributed by atoms with Gasteiger partial charge in [-0.25, -0.2) is 12.8 Å². The quantitative estimate of drug-likeness (QED) is 0.756. The van der Waals surface area contributed by atoms with Gasteiger partial charge in [0.1, 0.15) is 10.7 Å². The van der Waals surface area contributed by atoms with Gasteiger partial charge < -0.3 is 0 Å². The van der Waals surface area contributed by atoms with Gasteiger partial charge in [0.2, 0.25) is 10.0 Å². The van der Waals surface area contributed by atoms with Crippen molar-refractivity contribution in [3.8, 4) is 0 Å². The van der Waals surface area contributed by atoms with Crippen molar-refractivity contribution in [3.63, 3.8) is 0 Å². The summed E-state index contributed by atoms with van der Waals surface area (Å²) in [6.07, 6.45) is 3.19. The van der Waals surface area contributed by atoms with Crippen molar-refractivity contribution in [1.29, 1.82) is 0 Å². The first-order valence-corrected chi connectivity index (χ1v) is 6.88. The van der Waals surface area contributed by atoms with Gasteiger partial charge in [0.05, 0.1) is 0 Å². The Morgan fingerprint density at radius 3 is 2.59 bits per heavy atom. The molecule has 0 atom stereocenters. The van der Waals surface area contributed by atoms with Crippen molar-refractivity contribution < 1.29 is 12.8 Å². The molecule has 17 heavy (non-hydrogen) atoms. The molecule has 1 aliphatic rings. The van der Waals surface area contributed by atoms with Crippen LogP contribution >= 0.6 is 0 Å². The summed E-state index contributed by atoms with van der Waals surface area (Å²) in [5.74, 6) is -0.706. The molecule has 92 valence electrons. The van der Waals surface area contributed by atoms with Crippen LogP contribution in [0.5, 0.6) is 0 Å². The number of hydrogen-bond acceptors (Lipinski definition) is 2. The van der Waals surface area contributed by atoms with E-state index in [1.807, 2.05) is 0 Å². The summed E-state index contributed by atoms with van der Waals surface area (Å²) in [6.45, 7) is 3.76. The van der Waals surface area contributed by atoms with Crippen LogP contribution in [0.4, 0.5) is 4.39 Å². The molecule has 2 rings (SSSR count). The molecule has 1 saturated carbocycles. The Bertz CT molecular complexity index is 523. The molecule has 1 aliphatic carbocycles. The van der Waals surface area contributed by atoms with Gasteiger partial charge in [0.25, 0.3) is 0 Å². The molecule has 0 bridgehead atoms. The molecule has 0 aliphatic heterocycles. The summed E-state index contributed by atoms with van der Waals surface area (Å²) in [5, 5.41) is 0. The van der Waals surface area contributed by atoms with Gasteiger partial charge in [-0.3, -0.25) is 0 Å². The Hall–Kier alpha value is -1.20. The number of rotatable bonds is 5. The van der Waals surface area contributed by atoms with Crippen molar-refractivity contribution in [2.45, 2.75) is 23.8 Å². The molecule has 1 fully saturated rings. The highest BCUT2D eigenvalue weighted by atomic mass is 32.2. The van der Waals surface area contributed by atoms with E-state index in [0.29, 0.717) is 0 Å². The Labute approximate surface area is 101 Å². The van der Waals surface area contributed by atoms with E-state index in [-0.39, 0.29) is 17.5 Å². The fraction of sp³-hybridized carbons (Fsp3) is 0.333. The molecule has 0 heterocycles. The first-order chi connectivity index (χ1) is 8.07. The molecule has 0 aromatic heterocycles. The fourth-order valence-corrected chi connectivity index (χ4v) is 3.44. The lowest BCUT2D eigenvalue weighted by atomic mass is 10.4. The van der Waals surface area contributed by atoms with E-state index in [4.69, 9.17) is 0 Å². The zero-order valence-corrected chi connectivity index (χ0v) is 10.2. The number of nitrogens with zero attached hydrogens (tertiary/aromatic N) is 1. The molecule has 0 amide bonds. The molecule has 0 radical (unpaired) electrons. The highest BCUT2D eigenvalue weighted by molar-refractivity contribution is 7.89. The molecule has 3 nitrogen and oxygen atoms in total. The van der Waals surface area contributed by atoms with Gasteiger partial charge in [-0.1, -0.05) is 18.2 Å². The average molecular weight is 255 g/mol. The average Bonchev–Trinajstić information content (AvgIpc) is 3.10. The van der Waals surface area contributed by atoms with Crippen molar-refractivity contribution in [2.24, 2.45) is 0 Å². The minimum Gasteiger partial charge on any atom is -0.207 e. The summed E-state index contributed by atoms with van der Waals surface area (Å²) in [7, 11) is -3.74. The number of sulfonamides is 1. The molecule has 0 N–H and O–H groups in total. The molecule has 5 heteroatoms. The maximum Gasteiger partial charge on any atom is 0.246 e. The lowest BCUT2D eigenvalue weighted by Crippen LogP contribution is -2.33. The van der Waals surface area contributed by atoms with Gasteiger partial charge >= 0.3 is 0 Å². The Kier molecular flexibility index (Phi) is 3.31. The van der Waals surface area contributed by atoms with Gasteiger partial charge in [-0.05, 0) is 25.0 Å². The largest absolute Gasteiger partial charge is 0.246 e. The first-order valence-electron chi connectivity index (χ1n) is 5.44. The lowest BCUT2D eigenvalue weighted by Gasteiger charge is -2.20. The van der Waals surface area contributed by atoms with Gasteiger partial charge in [0, 0.05) is 12.6 Å². The number of benzene rings is 1. The van der Waals surface area contributed by atoms with Crippen molar-refractivity contribution in [1.82, 2.24) is 4.31 Å². The maximum absolute atomic E-state index is 13.5. The second kappa shape index (κ2) is 4.58. The monoisotopic (exact) mass is 255 g/mol. The van der Waals surface area contributed by atoms with E-state index in [0.717, 1.165) is 18.9 Å². The predicted molar refractivity (Wildman–Crippen MR) is 63.5 cm³/mol. The van der Waals surface area contributed by atoms with Crippen LogP contribution in [-0.2, 0) is 10.0 Å². The minimum atomic E-state index is -3.74. The fourth-order valence-electron chi connectivity index (χ4n) is 1.71. The summed E-state index contributed by atoms with van der Waals surface area (Å²) in [4.78, 5) is -0.256. The Balaban J connectivity index is 2.40. The van der Waals surface area contributed by atoms with Crippen LogP contribution in [0.1, 0.15) is 12.8 Å². The Morgan fingerprint density at radius 2 is 2.06 bits per heavy atom. The SMILES string of the molecule is C=CCN(C1CC1)S(=O)(=O)c1ccccc1F.